The van der Waals surface area contributed by atoms with Crippen LogP contribution in [0, 0.1) is 0 Å². The van der Waals surface area contributed by atoms with Crippen LogP contribution < -0.4 is 16.4 Å². The van der Waals surface area contributed by atoms with E-state index in [-0.39, 0.29) is 5.91 Å². The Bertz CT molecular complexity index is 474. The second-order valence-electron chi connectivity index (χ2n) is 5.94. The smallest absolute Gasteiger partial charge is 0.251 e. The second kappa shape index (κ2) is 13.4. The fraction of sp³-hybridized carbons (Fsp3) is 0.579. The fourth-order valence-electron chi connectivity index (χ4n) is 2.35. The van der Waals surface area contributed by atoms with Gasteiger partial charge in [0.15, 0.2) is 5.96 Å². The molecule has 1 aromatic carbocycles. The first-order valence-electron chi connectivity index (χ1n) is 9.11. The van der Waals surface area contributed by atoms with Gasteiger partial charge in [-0.3, -0.25) is 9.79 Å². The molecule has 134 valence electrons. The van der Waals surface area contributed by atoms with Crippen LogP contribution in [-0.4, -0.2) is 31.5 Å². The summed E-state index contributed by atoms with van der Waals surface area (Å²) in [5.41, 5.74) is 6.50. The third-order valence-electron chi connectivity index (χ3n) is 3.78. The van der Waals surface area contributed by atoms with Crippen molar-refractivity contribution in [3.05, 3.63) is 35.9 Å². The molecule has 0 unspecified atom stereocenters. The van der Waals surface area contributed by atoms with E-state index in [2.05, 4.69) is 22.5 Å². The summed E-state index contributed by atoms with van der Waals surface area (Å²) in [6.07, 6.45) is 8.39. The van der Waals surface area contributed by atoms with Gasteiger partial charge in [-0.15, -0.1) is 0 Å². The molecule has 5 nitrogen and oxygen atoms in total. The highest BCUT2D eigenvalue weighted by Gasteiger charge is 2.02. The number of carbonyl (C=O) groups is 1. The molecule has 0 saturated carbocycles. The van der Waals surface area contributed by atoms with E-state index in [1.165, 1.54) is 32.1 Å². The Hall–Kier alpha value is -2.04. The third-order valence-corrected chi connectivity index (χ3v) is 3.78. The average Bonchev–Trinajstić information content (AvgIpc) is 2.61. The summed E-state index contributed by atoms with van der Waals surface area (Å²) in [5.74, 6) is 0.451. The van der Waals surface area contributed by atoms with E-state index in [1.807, 2.05) is 18.2 Å². The number of nitrogens with two attached hydrogens (primary N) is 1. The lowest BCUT2D eigenvalue weighted by molar-refractivity contribution is 0.0953. The quantitative estimate of drug-likeness (QED) is 0.313. The topological polar surface area (TPSA) is 79.5 Å². The highest BCUT2D eigenvalue weighted by molar-refractivity contribution is 5.94. The largest absolute Gasteiger partial charge is 0.370 e. The first kappa shape index (κ1) is 20.0. The molecule has 0 bridgehead atoms. The van der Waals surface area contributed by atoms with Gasteiger partial charge in [-0.1, -0.05) is 57.2 Å². The fourth-order valence-corrected chi connectivity index (χ4v) is 2.35. The zero-order valence-corrected chi connectivity index (χ0v) is 14.9. The van der Waals surface area contributed by atoms with Crippen molar-refractivity contribution < 1.29 is 4.79 Å². The van der Waals surface area contributed by atoms with E-state index < -0.39 is 0 Å². The molecule has 0 saturated heterocycles. The minimum absolute atomic E-state index is 0.0475. The molecule has 1 aromatic rings. The van der Waals surface area contributed by atoms with Crippen molar-refractivity contribution in [2.45, 2.75) is 51.9 Å². The molecule has 0 radical (unpaired) electrons. The normalized spacial score (nSPS) is 11.3. The number of hydrogen-bond acceptors (Lipinski definition) is 2. The Balaban J connectivity index is 2.00. The van der Waals surface area contributed by atoms with Crippen LogP contribution in [0.2, 0.25) is 0 Å². The molecular weight excluding hydrogens is 300 g/mol. The number of carbonyl (C=O) groups excluding carboxylic acids is 1. The number of benzene rings is 1. The van der Waals surface area contributed by atoms with Crippen LogP contribution in [0.15, 0.2) is 35.3 Å². The molecule has 24 heavy (non-hydrogen) atoms. The number of unbranched alkanes of at least 4 members (excludes halogenated alkanes) is 5. The molecule has 0 aromatic heterocycles. The summed E-state index contributed by atoms with van der Waals surface area (Å²) in [6.45, 7) is 4.32. The summed E-state index contributed by atoms with van der Waals surface area (Å²) >= 11 is 0. The molecule has 0 heterocycles. The van der Waals surface area contributed by atoms with E-state index in [0.717, 1.165) is 19.4 Å². The summed E-state index contributed by atoms with van der Waals surface area (Å²) in [7, 11) is 0. The van der Waals surface area contributed by atoms with Gasteiger partial charge in [-0.2, -0.15) is 0 Å². The van der Waals surface area contributed by atoms with Gasteiger partial charge in [-0.05, 0) is 25.0 Å². The zero-order valence-electron chi connectivity index (χ0n) is 14.9. The zero-order chi connectivity index (χ0) is 17.5. The number of guanidine groups is 1. The maximum absolute atomic E-state index is 11.8. The van der Waals surface area contributed by atoms with E-state index in [4.69, 9.17) is 5.73 Å². The van der Waals surface area contributed by atoms with Gasteiger partial charge < -0.3 is 16.4 Å². The van der Waals surface area contributed by atoms with Crippen LogP contribution in [0.25, 0.3) is 0 Å². The minimum atomic E-state index is -0.0475. The number of nitrogens with zero attached hydrogens (tertiary/aromatic N) is 1. The van der Waals surface area contributed by atoms with Crippen molar-refractivity contribution in [2.75, 3.05) is 19.6 Å². The number of hydrogen-bond donors (Lipinski definition) is 3. The molecule has 1 rings (SSSR count). The lowest BCUT2D eigenvalue weighted by Gasteiger charge is -2.06. The molecule has 4 N–H and O–H groups in total. The first-order valence-corrected chi connectivity index (χ1v) is 9.11. The Labute approximate surface area is 146 Å². The lowest BCUT2D eigenvalue weighted by Crippen LogP contribution is -2.32. The third kappa shape index (κ3) is 9.87. The minimum Gasteiger partial charge on any atom is -0.370 e. The van der Waals surface area contributed by atoms with Crippen molar-refractivity contribution in [1.82, 2.24) is 10.6 Å². The van der Waals surface area contributed by atoms with Crippen molar-refractivity contribution >= 4 is 11.9 Å². The van der Waals surface area contributed by atoms with Gasteiger partial charge >= 0.3 is 0 Å². The molecule has 0 aliphatic heterocycles. The summed E-state index contributed by atoms with van der Waals surface area (Å²) in [5, 5.41) is 6.02. The standard InChI is InChI=1S/C19H32N4O/c1-2-3-4-5-6-10-14-22-19(20)23-16-11-15-21-18(24)17-12-8-7-9-13-17/h7-9,12-13H,2-6,10-11,14-16H2,1H3,(H,21,24)(H3,20,22,23). The number of rotatable bonds is 12. The van der Waals surface area contributed by atoms with Crippen molar-refractivity contribution in [3.63, 3.8) is 0 Å². The van der Waals surface area contributed by atoms with Gasteiger partial charge in [-0.25, -0.2) is 0 Å². The molecule has 0 atom stereocenters. The van der Waals surface area contributed by atoms with Gasteiger partial charge in [0.1, 0.15) is 0 Å². The van der Waals surface area contributed by atoms with Crippen LogP contribution in [0.3, 0.4) is 0 Å². The second-order valence-corrected chi connectivity index (χ2v) is 5.94. The summed E-state index contributed by atoms with van der Waals surface area (Å²) < 4.78 is 0. The van der Waals surface area contributed by atoms with Crippen molar-refractivity contribution in [1.29, 1.82) is 0 Å². The molecule has 1 amide bonds. The SMILES string of the molecule is CCCCCCCCNC(N)=NCCCNC(=O)c1ccccc1. The predicted molar refractivity (Wildman–Crippen MR) is 101 cm³/mol. The van der Waals surface area contributed by atoms with Gasteiger partial charge in [0, 0.05) is 25.2 Å². The van der Waals surface area contributed by atoms with E-state index in [1.54, 1.807) is 12.1 Å². The first-order chi connectivity index (χ1) is 11.7. The van der Waals surface area contributed by atoms with Crippen LogP contribution in [0.4, 0.5) is 0 Å². The van der Waals surface area contributed by atoms with Crippen LogP contribution in [0.5, 0.6) is 0 Å². The summed E-state index contributed by atoms with van der Waals surface area (Å²) in [4.78, 5) is 16.1. The lowest BCUT2D eigenvalue weighted by atomic mass is 10.1. The van der Waals surface area contributed by atoms with Crippen molar-refractivity contribution in [2.24, 2.45) is 10.7 Å². The molecule has 5 heteroatoms. The number of aliphatic imine (C=N–C) groups is 1. The monoisotopic (exact) mass is 332 g/mol. The van der Waals surface area contributed by atoms with Gasteiger partial charge in [0.2, 0.25) is 0 Å². The molecular formula is C19H32N4O. The van der Waals surface area contributed by atoms with Gasteiger partial charge in [0.05, 0.1) is 0 Å². The highest BCUT2D eigenvalue weighted by Crippen LogP contribution is 2.03. The summed E-state index contributed by atoms with van der Waals surface area (Å²) in [6, 6.07) is 9.21. The Morgan fingerprint density at radius 3 is 2.38 bits per heavy atom. The Morgan fingerprint density at radius 2 is 1.62 bits per heavy atom. The number of nitrogens with one attached hydrogen (secondary N) is 2. The highest BCUT2D eigenvalue weighted by atomic mass is 16.1. The Morgan fingerprint density at radius 1 is 0.958 bits per heavy atom. The average molecular weight is 332 g/mol. The molecule has 0 spiro atoms. The van der Waals surface area contributed by atoms with Crippen LogP contribution in [-0.2, 0) is 0 Å². The Kier molecular flexibility index (Phi) is 11.2. The maximum atomic E-state index is 11.8. The predicted octanol–water partition coefficient (Wildman–Crippen LogP) is 3.07. The van der Waals surface area contributed by atoms with Crippen LogP contribution in [0.1, 0.15) is 62.2 Å². The molecule has 0 fully saturated rings. The number of amides is 1. The molecule has 0 aliphatic rings. The van der Waals surface area contributed by atoms with E-state index >= 15 is 0 Å². The van der Waals surface area contributed by atoms with E-state index in [0.29, 0.717) is 24.6 Å². The van der Waals surface area contributed by atoms with Gasteiger partial charge in [0.25, 0.3) is 5.91 Å². The van der Waals surface area contributed by atoms with E-state index in [9.17, 15) is 4.79 Å². The van der Waals surface area contributed by atoms with Crippen LogP contribution >= 0.6 is 0 Å². The maximum Gasteiger partial charge on any atom is 0.251 e. The molecule has 0 aliphatic carbocycles. The van der Waals surface area contributed by atoms with Crippen molar-refractivity contribution in [3.8, 4) is 0 Å².